The van der Waals surface area contributed by atoms with E-state index in [2.05, 4.69) is 93.6 Å². The molecular formula is C31H40O3S. The van der Waals surface area contributed by atoms with E-state index in [1.54, 1.807) is 0 Å². The Labute approximate surface area is 213 Å². The van der Waals surface area contributed by atoms with Gasteiger partial charge < -0.3 is 9.29 Å². The summed E-state index contributed by atoms with van der Waals surface area (Å²) in [6.07, 6.45) is 8.69. The maximum absolute atomic E-state index is 12.2. The molecule has 0 saturated heterocycles. The van der Waals surface area contributed by atoms with E-state index in [9.17, 15) is 9.90 Å². The summed E-state index contributed by atoms with van der Waals surface area (Å²) in [5, 5.41) is 9.94. The molecule has 0 bridgehead atoms. The molecule has 0 heterocycles. The van der Waals surface area contributed by atoms with E-state index >= 15 is 0 Å². The van der Waals surface area contributed by atoms with Crippen molar-refractivity contribution in [3.63, 3.8) is 0 Å². The van der Waals surface area contributed by atoms with Crippen molar-refractivity contribution in [3.05, 3.63) is 89.5 Å². The Morgan fingerprint density at radius 3 is 1.11 bits per heavy atom. The zero-order valence-electron chi connectivity index (χ0n) is 21.5. The summed E-state index contributed by atoms with van der Waals surface area (Å²) in [6.45, 7) is 6.58. The molecule has 0 radical (unpaired) electrons. The minimum Gasteiger partial charge on any atom is -0.449 e. The second-order valence-corrected chi connectivity index (χ2v) is 11.8. The molecule has 3 aromatic rings. The van der Waals surface area contributed by atoms with Crippen LogP contribution in [-0.2, 0) is 23.4 Å². The first-order valence-electron chi connectivity index (χ1n) is 13.1. The SMILES string of the molecule is CCCCc1ccc(S(OC(=O)O)(c2ccc(CCCC)cc2)c2ccc(CCCC)cc2)cc1. The fourth-order valence-electron chi connectivity index (χ4n) is 4.35. The summed E-state index contributed by atoms with van der Waals surface area (Å²) in [5.74, 6) is 0. The van der Waals surface area contributed by atoms with Crippen molar-refractivity contribution in [2.75, 3.05) is 0 Å². The van der Waals surface area contributed by atoms with Gasteiger partial charge in [-0.25, -0.2) is 4.79 Å². The van der Waals surface area contributed by atoms with Crippen LogP contribution < -0.4 is 0 Å². The molecule has 0 fully saturated rings. The highest BCUT2D eigenvalue weighted by Gasteiger charge is 2.36. The molecule has 3 nitrogen and oxygen atoms in total. The molecule has 0 aromatic heterocycles. The molecule has 35 heavy (non-hydrogen) atoms. The van der Waals surface area contributed by atoms with Gasteiger partial charge in [0.1, 0.15) is 0 Å². The number of unbranched alkanes of at least 4 members (excludes halogenated alkanes) is 3. The number of aryl methyl sites for hydroxylation is 3. The lowest BCUT2D eigenvalue weighted by Gasteiger charge is -2.39. The van der Waals surface area contributed by atoms with Gasteiger partial charge in [0.05, 0.1) is 0 Å². The third-order valence-electron chi connectivity index (χ3n) is 6.42. The minimum atomic E-state index is -2.44. The second kappa shape index (κ2) is 13.4. The molecular weight excluding hydrogens is 452 g/mol. The average Bonchev–Trinajstić information content (AvgIpc) is 2.89. The summed E-state index contributed by atoms with van der Waals surface area (Å²) < 4.78 is 5.96. The normalized spacial score (nSPS) is 11.9. The summed E-state index contributed by atoms with van der Waals surface area (Å²) in [5.41, 5.74) is 3.80. The highest BCUT2D eigenvalue weighted by atomic mass is 32.3. The molecule has 0 unspecified atom stereocenters. The summed E-state index contributed by atoms with van der Waals surface area (Å²) in [7, 11) is -2.44. The monoisotopic (exact) mass is 492 g/mol. The van der Waals surface area contributed by atoms with Crippen molar-refractivity contribution in [3.8, 4) is 0 Å². The Hall–Kier alpha value is -2.72. The van der Waals surface area contributed by atoms with Gasteiger partial charge in [-0.05, 0) is 102 Å². The largest absolute Gasteiger partial charge is 0.517 e. The van der Waals surface area contributed by atoms with Gasteiger partial charge >= 0.3 is 6.16 Å². The van der Waals surface area contributed by atoms with Crippen LogP contribution in [0.1, 0.15) is 76.0 Å². The number of rotatable bonds is 13. The molecule has 0 aliphatic carbocycles. The molecule has 0 aliphatic heterocycles. The molecule has 3 aromatic carbocycles. The van der Waals surface area contributed by atoms with Gasteiger partial charge in [0, 0.05) is 14.7 Å². The summed E-state index contributed by atoms with van der Waals surface area (Å²) in [4.78, 5) is 14.9. The van der Waals surface area contributed by atoms with Crippen LogP contribution >= 0.6 is 10.3 Å². The van der Waals surface area contributed by atoms with Crippen LogP contribution in [0.25, 0.3) is 0 Å². The van der Waals surface area contributed by atoms with Gasteiger partial charge in [0.15, 0.2) is 0 Å². The first kappa shape index (κ1) is 26.9. The Morgan fingerprint density at radius 1 is 0.600 bits per heavy atom. The second-order valence-electron chi connectivity index (χ2n) is 9.15. The number of benzene rings is 3. The molecule has 0 amide bonds. The quantitative estimate of drug-likeness (QED) is 0.258. The Morgan fingerprint density at radius 2 is 0.886 bits per heavy atom. The highest BCUT2D eigenvalue weighted by Crippen LogP contribution is 2.69. The fourth-order valence-corrected chi connectivity index (χ4v) is 7.22. The lowest BCUT2D eigenvalue weighted by molar-refractivity contribution is 0.150. The zero-order valence-corrected chi connectivity index (χ0v) is 22.3. The van der Waals surface area contributed by atoms with Gasteiger partial charge in [-0.1, -0.05) is 76.4 Å². The third kappa shape index (κ3) is 6.91. The first-order valence-corrected chi connectivity index (χ1v) is 14.6. The molecule has 0 saturated carbocycles. The smallest absolute Gasteiger partial charge is 0.449 e. The maximum Gasteiger partial charge on any atom is 0.517 e. The maximum atomic E-state index is 12.2. The molecule has 3 rings (SSSR count). The van der Waals surface area contributed by atoms with E-state index in [0.29, 0.717) is 0 Å². The number of carbonyl (C=O) groups is 1. The predicted octanol–water partition coefficient (Wildman–Crippen LogP) is 9.61. The van der Waals surface area contributed by atoms with E-state index in [1.165, 1.54) is 16.7 Å². The van der Waals surface area contributed by atoms with Crippen LogP contribution in [0.5, 0.6) is 0 Å². The lowest BCUT2D eigenvalue weighted by Crippen LogP contribution is -2.12. The van der Waals surface area contributed by atoms with Crippen LogP contribution in [0, 0.1) is 0 Å². The van der Waals surface area contributed by atoms with E-state index in [1.807, 2.05) is 0 Å². The van der Waals surface area contributed by atoms with E-state index < -0.39 is 16.5 Å². The average molecular weight is 493 g/mol. The third-order valence-corrected chi connectivity index (χ3v) is 9.62. The van der Waals surface area contributed by atoms with Crippen LogP contribution in [0.4, 0.5) is 4.79 Å². The molecule has 0 aliphatic rings. The van der Waals surface area contributed by atoms with E-state index in [-0.39, 0.29) is 0 Å². The highest BCUT2D eigenvalue weighted by molar-refractivity contribution is 8.30. The number of carboxylic acid groups (broad SMARTS) is 1. The van der Waals surface area contributed by atoms with Crippen molar-refractivity contribution in [2.24, 2.45) is 0 Å². The van der Waals surface area contributed by atoms with Crippen molar-refractivity contribution in [1.29, 1.82) is 0 Å². The Balaban J connectivity index is 2.13. The first-order chi connectivity index (χ1) is 17.0. The molecule has 0 atom stereocenters. The standard InChI is InChI=1S/C31H40O3S/c1-4-7-10-25-13-19-28(20-14-25)35(34-31(32)33,29-21-15-26(16-22-29)11-8-5-2)30-23-17-27(18-24-30)12-9-6-3/h13-24H,4-12H2,1-3H3,(H,32,33). The Kier molecular flexibility index (Phi) is 10.3. The van der Waals surface area contributed by atoms with E-state index in [0.717, 1.165) is 72.5 Å². The van der Waals surface area contributed by atoms with Gasteiger partial charge in [-0.15, -0.1) is 0 Å². The number of hydrogen-bond acceptors (Lipinski definition) is 2. The van der Waals surface area contributed by atoms with Gasteiger partial charge in [0.2, 0.25) is 0 Å². The summed E-state index contributed by atoms with van der Waals surface area (Å²) >= 11 is 0. The van der Waals surface area contributed by atoms with Crippen LogP contribution in [-0.4, -0.2) is 11.3 Å². The molecule has 1 N–H and O–H groups in total. The van der Waals surface area contributed by atoms with Crippen LogP contribution in [0.15, 0.2) is 87.5 Å². The van der Waals surface area contributed by atoms with Crippen LogP contribution in [0.3, 0.4) is 0 Å². The molecule has 0 spiro atoms. The van der Waals surface area contributed by atoms with Gasteiger partial charge in [-0.2, -0.15) is 0 Å². The summed E-state index contributed by atoms with van der Waals surface area (Å²) in [6, 6.07) is 25.2. The van der Waals surface area contributed by atoms with Crippen molar-refractivity contribution in [2.45, 2.75) is 93.2 Å². The van der Waals surface area contributed by atoms with Crippen molar-refractivity contribution in [1.82, 2.24) is 0 Å². The van der Waals surface area contributed by atoms with Gasteiger partial charge in [0.25, 0.3) is 0 Å². The van der Waals surface area contributed by atoms with Crippen molar-refractivity contribution < 1.29 is 14.1 Å². The van der Waals surface area contributed by atoms with Crippen molar-refractivity contribution >= 4 is 16.5 Å². The minimum absolute atomic E-state index is 0.905. The molecule has 4 heteroatoms. The Bertz CT molecular complexity index is 915. The van der Waals surface area contributed by atoms with Crippen LogP contribution in [0.2, 0.25) is 0 Å². The zero-order chi connectivity index (χ0) is 25.1. The van der Waals surface area contributed by atoms with E-state index in [4.69, 9.17) is 4.18 Å². The van der Waals surface area contributed by atoms with Gasteiger partial charge in [-0.3, -0.25) is 0 Å². The fraction of sp³-hybridized carbons (Fsp3) is 0.387. The molecule has 188 valence electrons. The topological polar surface area (TPSA) is 46.5 Å². The number of hydrogen-bond donors (Lipinski definition) is 1. The predicted molar refractivity (Wildman–Crippen MR) is 147 cm³/mol. The lowest BCUT2D eigenvalue weighted by atomic mass is 10.1.